The molecular weight excluding hydrogens is 265 g/mol. The van der Waals surface area contributed by atoms with Gasteiger partial charge in [-0.1, -0.05) is 29.8 Å². The molecular formula is C15H15ClFNO. The lowest BCUT2D eigenvalue weighted by atomic mass is 10.2. The molecule has 0 fully saturated rings. The first-order valence-corrected chi connectivity index (χ1v) is 6.35. The van der Waals surface area contributed by atoms with E-state index in [9.17, 15) is 4.39 Å². The zero-order valence-corrected chi connectivity index (χ0v) is 11.6. The molecule has 1 N–H and O–H groups in total. The number of ether oxygens (including phenoxy) is 1. The van der Waals surface area contributed by atoms with E-state index in [0.29, 0.717) is 17.3 Å². The Morgan fingerprint density at radius 3 is 2.79 bits per heavy atom. The van der Waals surface area contributed by atoms with Gasteiger partial charge in [-0.3, -0.25) is 0 Å². The highest BCUT2D eigenvalue weighted by Crippen LogP contribution is 2.32. The lowest BCUT2D eigenvalue weighted by Gasteiger charge is -2.13. The Morgan fingerprint density at radius 2 is 2.05 bits per heavy atom. The van der Waals surface area contributed by atoms with E-state index >= 15 is 0 Å². The molecule has 0 saturated heterocycles. The van der Waals surface area contributed by atoms with Crippen molar-refractivity contribution in [3.63, 3.8) is 0 Å². The summed E-state index contributed by atoms with van der Waals surface area (Å²) in [6, 6.07) is 10.2. The predicted molar refractivity (Wildman–Crippen MR) is 75.4 cm³/mol. The molecule has 0 unspecified atom stereocenters. The van der Waals surface area contributed by atoms with Crippen LogP contribution in [-0.4, -0.2) is 7.05 Å². The van der Waals surface area contributed by atoms with Crippen LogP contribution in [0, 0.1) is 12.7 Å². The number of halogens is 2. The molecule has 0 spiro atoms. The predicted octanol–water partition coefficient (Wildman–Crippen LogP) is 4.30. The lowest BCUT2D eigenvalue weighted by Crippen LogP contribution is -2.07. The van der Waals surface area contributed by atoms with Crippen LogP contribution in [0.2, 0.25) is 5.02 Å². The Balaban J connectivity index is 2.39. The first kappa shape index (κ1) is 13.8. The van der Waals surface area contributed by atoms with E-state index in [4.69, 9.17) is 16.3 Å². The molecule has 0 aliphatic rings. The minimum Gasteiger partial charge on any atom is -0.454 e. The minimum absolute atomic E-state index is 0.238. The molecule has 0 aromatic heterocycles. The van der Waals surface area contributed by atoms with Crippen molar-refractivity contribution in [1.82, 2.24) is 5.32 Å². The smallest absolute Gasteiger partial charge is 0.167 e. The highest BCUT2D eigenvalue weighted by molar-refractivity contribution is 6.30. The third kappa shape index (κ3) is 3.25. The molecule has 2 aromatic rings. The topological polar surface area (TPSA) is 21.3 Å². The number of hydrogen-bond acceptors (Lipinski definition) is 2. The highest BCUT2D eigenvalue weighted by Gasteiger charge is 2.12. The second-order valence-corrected chi connectivity index (χ2v) is 4.71. The van der Waals surface area contributed by atoms with Crippen molar-refractivity contribution in [3.05, 3.63) is 58.4 Å². The van der Waals surface area contributed by atoms with Crippen LogP contribution < -0.4 is 10.1 Å². The van der Waals surface area contributed by atoms with Gasteiger partial charge in [0, 0.05) is 17.1 Å². The molecule has 0 amide bonds. The Hall–Kier alpha value is -1.58. The van der Waals surface area contributed by atoms with Gasteiger partial charge in [-0.2, -0.15) is 0 Å². The fourth-order valence-electron chi connectivity index (χ4n) is 1.79. The Labute approximate surface area is 117 Å². The molecule has 0 aliphatic heterocycles. The van der Waals surface area contributed by atoms with Crippen LogP contribution in [0.1, 0.15) is 11.1 Å². The minimum atomic E-state index is -0.382. The first-order chi connectivity index (χ1) is 9.11. The molecule has 19 heavy (non-hydrogen) atoms. The van der Waals surface area contributed by atoms with E-state index in [2.05, 4.69) is 5.32 Å². The number of rotatable bonds is 4. The second-order valence-electron chi connectivity index (χ2n) is 4.27. The van der Waals surface area contributed by atoms with Crippen LogP contribution in [0.4, 0.5) is 4.39 Å². The van der Waals surface area contributed by atoms with Crippen LogP contribution in [-0.2, 0) is 6.54 Å². The Kier molecular flexibility index (Phi) is 4.40. The van der Waals surface area contributed by atoms with Crippen molar-refractivity contribution in [2.75, 3.05) is 7.05 Å². The van der Waals surface area contributed by atoms with Crippen molar-refractivity contribution in [2.45, 2.75) is 13.5 Å². The first-order valence-electron chi connectivity index (χ1n) is 5.98. The SMILES string of the molecule is CNCc1cccc(F)c1Oc1cc(Cl)ccc1C. The number of aryl methyl sites for hydroxylation is 1. The maximum absolute atomic E-state index is 13.9. The number of benzene rings is 2. The fraction of sp³-hybridized carbons (Fsp3) is 0.200. The van der Waals surface area contributed by atoms with Gasteiger partial charge in [0.1, 0.15) is 5.75 Å². The molecule has 0 saturated carbocycles. The fourth-order valence-corrected chi connectivity index (χ4v) is 1.95. The summed E-state index contributed by atoms with van der Waals surface area (Å²) in [5, 5.41) is 3.55. The largest absolute Gasteiger partial charge is 0.454 e. The quantitative estimate of drug-likeness (QED) is 0.901. The zero-order chi connectivity index (χ0) is 13.8. The number of para-hydroxylation sites is 1. The summed E-state index contributed by atoms with van der Waals surface area (Å²) >= 11 is 5.94. The van der Waals surface area contributed by atoms with E-state index < -0.39 is 0 Å². The summed E-state index contributed by atoms with van der Waals surface area (Å²) in [5.74, 6) is 0.421. The lowest BCUT2D eigenvalue weighted by molar-refractivity contribution is 0.432. The average Bonchev–Trinajstić information content (AvgIpc) is 2.38. The Bertz CT molecular complexity index is 586. The summed E-state index contributed by atoms with van der Waals surface area (Å²) in [5.41, 5.74) is 1.67. The molecule has 4 heteroatoms. The average molecular weight is 280 g/mol. The third-order valence-corrected chi connectivity index (χ3v) is 3.01. The molecule has 2 nitrogen and oxygen atoms in total. The van der Waals surface area contributed by atoms with Crippen molar-refractivity contribution < 1.29 is 9.13 Å². The van der Waals surface area contributed by atoms with E-state index in [1.807, 2.05) is 19.1 Å². The maximum atomic E-state index is 13.9. The molecule has 0 atom stereocenters. The zero-order valence-electron chi connectivity index (χ0n) is 10.8. The third-order valence-electron chi connectivity index (χ3n) is 2.78. The van der Waals surface area contributed by atoms with Crippen molar-refractivity contribution in [1.29, 1.82) is 0 Å². The summed E-state index contributed by atoms with van der Waals surface area (Å²) < 4.78 is 19.6. The normalized spacial score (nSPS) is 10.5. The van der Waals surface area contributed by atoms with E-state index in [0.717, 1.165) is 11.1 Å². The molecule has 2 rings (SSSR count). The summed E-state index contributed by atoms with van der Waals surface area (Å²) in [6.45, 7) is 2.43. The van der Waals surface area contributed by atoms with Gasteiger partial charge < -0.3 is 10.1 Å². The van der Waals surface area contributed by atoms with Crippen molar-refractivity contribution in [2.24, 2.45) is 0 Å². The number of hydrogen-bond donors (Lipinski definition) is 1. The van der Waals surface area contributed by atoms with Crippen molar-refractivity contribution >= 4 is 11.6 Å². The molecule has 0 radical (unpaired) electrons. The van der Waals surface area contributed by atoms with Gasteiger partial charge in [-0.25, -0.2) is 4.39 Å². The van der Waals surface area contributed by atoms with Crippen LogP contribution in [0.25, 0.3) is 0 Å². The van der Waals surface area contributed by atoms with Crippen LogP contribution >= 0.6 is 11.6 Å². The van der Waals surface area contributed by atoms with Gasteiger partial charge in [-0.05, 0) is 37.7 Å². The maximum Gasteiger partial charge on any atom is 0.167 e. The molecule has 0 aliphatic carbocycles. The molecule has 100 valence electrons. The van der Waals surface area contributed by atoms with Gasteiger partial charge in [0.15, 0.2) is 11.6 Å². The Morgan fingerprint density at radius 1 is 1.26 bits per heavy atom. The number of nitrogens with one attached hydrogen (secondary N) is 1. The molecule has 0 bridgehead atoms. The second kappa shape index (κ2) is 6.04. The monoisotopic (exact) mass is 279 g/mol. The molecule has 0 heterocycles. The summed E-state index contributed by atoms with van der Waals surface area (Å²) in [6.07, 6.45) is 0. The van der Waals surface area contributed by atoms with Gasteiger partial charge in [0.2, 0.25) is 0 Å². The van der Waals surface area contributed by atoms with E-state index in [-0.39, 0.29) is 11.6 Å². The van der Waals surface area contributed by atoms with Crippen LogP contribution in [0.3, 0.4) is 0 Å². The highest BCUT2D eigenvalue weighted by atomic mass is 35.5. The van der Waals surface area contributed by atoms with E-state index in [1.54, 1.807) is 25.2 Å². The summed E-state index contributed by atoms with van der Waals surface area (Å²) in [7, 11) is 1.80. The van der Waals surface area contributed by atoms with E-state index in [1.165, 1.54) is 6.07 Å². The van der Waals surface area contributed by atoms with Crippen LogP contribution in [0.15, 0.2) is 36.4 Å². The molecule has 2 aromatic carbocycles. The van der Waals surface area contributed by atoms with Gasteiger partial charge in [0.05, 0.1) is 0 Å². The van der Waals surface area contributed by atoms with Gasteiger partial charge in [0.25, 0.3) is 0 Å². The van der Waals surface area contributed by atoms with Gasteiger partial charge >= 0.3 is 0 Å². The summed E-state index contributed by atoms with van der Waals surface area (Å²) in [4.78, 5) is 0. The van der Waals surface area contributed by atoms with Crippen molar-refractivity contribution in [3.8, 4) is 11.5 Å². The standard InChI is InChI=1S/C15H15ClFNO/c1-10-6-7-12(16)8-14(10)19-15-11(9-18-2)4-3-5-13(15)17/h3-8,18H,9H2,1-2H3. The van der Waals surface area contributed by atoms with Gasteiger partial charge in [-0.15, -0.1) is 0 Å². The van der Waals surface area contributed by atoms with Crippen LogP contribution in [0.5, 0.6) is 11.5 Å².